The Hall–Kier alpha value is -3.61. The van der Waals surface area contributed by atoms with E-state index in [2.05, 4.69) is 20.2 Å². The molecule has 188 valence electrons. The smallest absolute Gasteiger partial charge is 0.302 e. The van der Waals surface area contributed by atoms with E-state index in [1.807, 2.05) is 6.07 Å². The van der Waals surface area contributed by atoms with Crippen LogP contribution in [0.3, 0.4) is 0 Å². The van der Waals surface area contributed by atoms with Gasteiger partial charge < -0.3 is 15.3 Å². The molecule has 2 aromatic carbocycles. The van der Waals surface area contributed by atoms with Crippen molar-refractivity contribution >= 4 is 55.9 Å². The summed E-state index contributed by atoms with van der Waals surface area (Å²) in [6.45, 7) is 1.26. The highest BCUT2D eigenvalue weighted by Gasteiger charge is 2.26. The number of hydrogen-bond acceptors (Lipinski definition) is 8. The number of aromatic amines is 1. The number of halogens is 3. The van der Waals surface area contributed by atoms with E-state index in [0.29, 0.717) is 40.2 Å². The molecule has 5 N–H and O–H groups in total. The van der Waals surface area contributed by atoms with Crippen molar-refractivity contribution in [2.45, 2.75) is 26.4 Å². The van der Waals surface area contributed by atoms with Crippen LogP contribution in [0.4, 0.5) is 14.5 Å². The summed E-state index contributed by atoms with van der Waals surface area (Å²) in [5, 5.41) is 26.2. The number of aromatic nitrogens is 3. The number of nitrogens with one attached hydrogen (secondary N) is 2. The maximum absolute atomic E-state index is 11.5. The fourth-order valence-corrected chi connectivity index (χ4v) is 3.61. The van der Waals surface area contributed by atoms with Crippen molar-refractivity contribution in [2.75, 3.05) is 0 Å². The van der Waals surface area contributed by atoms with Gasteiger partial charge in [0.1, 0.15) is 11.3 Å². The molecule has 36 heavy (non-hydrogen) atoms. The number of nitrogens with two attached hydrogens (primary N) is 1. The minimum absolute atomic E-state index is 0.159. The Balaban J connectivity index is 0.000000454. The first-order valence-corrected chi connectivity index (χ1v) is 11.4. The first kappa shape index (κ1) is 27.0. The van der Waals surface area contributed by atoms with E-state index in [9.17, 15) is 18.7 Å². The molecular weight excluding hydrogens is 514 g/mol. The average Bonchev–Trinajstić information content (AvgIpc) is 3.53. The lowest BCUT2D eigenvalue weighted by molar-refractivity contribution is -0.138. The molecule has 0 bridgehead atoms. The van der Waals surface area contributed by atoms with Gasteiger partial charge in [-0.3, -0.25) is 15.3 Å². The fraction of sp³-hybridized carbons (Fsp3) is 0.174. The van der Waals surface area contributed by atoms with Crippen molar-refractivity contribution in [3.05, 3.63) is 65.1 Å². The van der Waals surface area contributed by atoms with Gasteiger partial charge >= 0.3 is 5.92 Å². The number of Topliss-reactive ketones (excluding diaryl/α,β-unsaturated/α-hetero) is 1. The molecule has 13 heteroatoms. The van der Waals surface area contributed by atoms with E-state index < -0.39 is 11.7 Å². The maximum atomic E-state index is 11.5. The summed E-state index contributed by atoms with van der Waals surface area (Å²) in [5.74, 6) is -3.83. The zero-order valence-corrected chi connectivity index (χ0v) is 20.6. The summed E-state index contributed by atoms with van der Waals surface area (Å²) in [6.07, 6.45) is 4.62. The molecule has 9 nitrogen and oxygen atoms in total. The number of ketones is 1. The Morgan fingerprint density at radius 3 is 2.69 bits per heavy atom. The van der Waals surface area contributed by atoms with Crippen molar-refractivity contribution in [3.8, 4) is 11.5 Å². The quantitative estimate of drug-likeness (QED) is 0.200. The topological polar surface area (TPSA) is 154 Å². The number of H-pyrrole nitrogens is 1. The lowest BCUT2D eigenvalue weighted by atomic mass is 10.1. The van der Waals surface area contributed by atoms with Crippen LogP contribution in [0.5, 0.6) is 0 Å². The molecule has 0 aliphatic heterocycles. The van der Waals surface area contributed by atoms with Gasteiger partial charge in [-0.05, 0) is 47.7 Å². The van der Waals surface area contributed by atoms with Gasteiger partial charge in [0.2, 0.25) is 5.89 Å². The van der Waals surface area contributed by atoms with Gasteiger partial charge in [-0.1, -0.05) is 11.6 Å². The predicted octanol–water partition coefficient (Wildman–Crippen LogP) is 5.30. The summed E-state index contributed by atoms with van der Waals surface area (Å²) in [5.41, 5.74) is 9.18. The Morgan fingerprint density at radius 2 is 2.08 bits per heavy atom. The molecule has 2 aromatic heterocycles. The van der Waals surface area contributed by atoms with Gasteiger partial charge in [0.15, 0.2) is 11.0 Å². The molecule has 0 unspecified atom stereocenters. The fourth-order valence-electron chi connectivity index (χ4n) is 2.77. The van der Waals surface area contributed by atoms with Crippen LogP contribution in [-0.2, 0) is 11.4 Å². The van der Waals surface area contributed by atoms with Crippen LogP contribution >= 0.6 is 23.4 Å². The van der Waals surface area contributed by atoms with Crippen molar-refractivity contribution in [3.63, 3.8) is 0 Å². The van der Waals surface area contributed by atoms with Gasteiger partial charge in [-0.15, -0.1) is 0 Å². The molecule has 0 amide bonds. The highest BCUT2D eigenvalue weighted by molar-refractivity contribution is 8.26. The number of alkyl halides is 2. The van der Waals surface area contributed by atoms with Gasteiger partial charge in [-0.2, -0.15) is 13.9 Å². The van der Waals surface area contributed by atoms with Gasteiger partial charge in [-0.25, -0.2) is 9.98 Å². The highest BCUT2D eigenvalue weighted by atomic mass is 35.5. The summed E-state index contributed by atoms with van der Waals surface area (Å²) >= 11 is 7.35. The molecule has 0 atom stereocenters. The minimum Gasteiger partial charge on any atom is -0.445 e. The number of aliphatic hydroxyl groups excluding tert-OH is 1. The second-order valence-corrected chi connectivity index (χ2v) is 8.88. The normalized spacial score (nSPS) is 11.8. The Kier molecular flexibility index (Phi) is 8.56. The van der Waals surface area contributed by atoms with Crippen molar-refractivity contribution < 1.29 is 23.1 Å². The van der Waals surface area contributed by atoms with E-state index >= 15 is 0 Å². The average molecular weight is 535 g/mol. The number of hydrogen-bond donors (Lipinski definition) is 4. The van der Waals surface area contributed by atoms with E-state index in [1.165, 1.54) is 12.5 Å². The molecule has 0 radical (unpaired) electrons. The standard InChI is InChI=1S/C19H15ClN6O2S.C4H6F2O/c20-16-13-8-24-26-14(13)1-2-15(16)25-19(22)29-17(21)11-5-10(9-27)6-12(7-11)18-23-3-4-28-18;1-3(7)4(2,5)6/h1-8,21,27H,9H2,(H2,22,25)(H,24,26);1-2H3. The summed E-state index contributed by atoms with van der Waals surface area (Å²) in [4.78, 5) is 18.2. The molecule has 4 rings (SSSR count). The van der Waals surface area contributed by atoms with Crippen LogP contribution in [0.15, 0.2) is 58.4 Å². The van der Waals surface area contributed by atoms with Crippen molar-refractivity contribution in [1.29, 1.82) is 5.41 Å². The summed E-state index contributed by atoms with van der Waals surface area (Å²) in [6, 6.07) is 8.75. The van der Waals surface area contributed by atoms with E-state index in [4.69, 9.17) is 27.2 Å². The van der Waals surface area contributed by atoms with Crippen molar-refractivity contribution in [1.82, 2.24) is 15.2 Å². The largest absolute Gasteiger partial charge is 0.445 e. The third kappa shape index (κ3) is 6.74. The molecular formula is C23H21ClF2N6O3S. The number of nitrogens with zero attached hydrogens (tertiary/aromatic N) is 3. The van der Waals surface area contributed by atoms with Crippen LogP contribution in [0, 0.1) is 5.41 Å². The number of carbonyl (C=O) groups is 1. The van der Waals surface area contributed by atoms with Gasteiger partial charge in [0, 0.05) is 30.4 Å². The number of oxazole rings is 1. The molecule has 2 heterocycles. The SMILES string of the molecule is CC(=O)C(C)(F)F.N=C(SC(N)=Nc1ccc2[nH]ncc2c1Cl)c1cc(CO)cc(-c2ncco2)c1. The Bertz CT molecular complexity index is 1420. The number of rotatable bonds is 5. The molecule has 0 saturated carbocycles. The molecule has 4 aromatic rings. The molecule has 0 saturated heterocycles. The Morgan fingerprint density at radius 1 is 1.36 bits per heavy atom. The van der Waals surface area contributed by atoms with Crippen LogP contribution in [0.2, 0.25) is 5.02 Å². The molecule has 0 fully saturated rings. The first-order chi connectivity index (χ1) is 17.0. The molecule has 0 spiro atoms. The predicted molar refractivity (Wildman–Crippen MR) is 136 cm³/mol. The maximum Gasteiger partial charge on any atom is 0.302 e. The number of amidine groups is 1. The zero-order chi connectivity index (χ0) is 26.5. The number of aliphatic imine (C=N–C) groups is 1. The summed E-state index contributed by atoms with van der Waals surface area (Å²) in [7, 11) is 0. The lowest BCUT2D eigenvalue weighted by Crippen LogP contribution is -2.20. The van der Waals surface area contributed by atoms with E-state index in [-0.39, 0.29) is 16.8 Å². The first-order valence-electron chi connectivity index (χ1n) is 10.3. The number of fused-ring (bicyclic) bond motifs is 1. The number of benzene rings is 2. The van der Waals surface area contributed by atoms with E-state index in [1.54, 1.807) is 30.5 Å². The monoisotopic (exact) mass is 534 g/mol. The second-order valence-electron chi connectivity index (χ2n) is 7.47. The summed E-state index contributed by atoms with van der Waals surface area (Å²) < 4.78 is 28.3. The van der Waals surface area contributed by atoms with Gasteiger partial charge in [0.05, 0.1) is 35.2 Å². The lowest BCUT2D eigenvalue weighted by Gasteiger charge is -2.08. The van der Waals surface area contributed by atoms with Crippen molar-refractivity contribution in [2.24, 2.45) is 10.7 Å². The van der Waals surface area contributed by atoms with Crippen LogP contribution in [0.1, 0.15) is 25.0 Å². The number of aliphatic hydroxyl groups is 1. The molecule has 0 aliphatic rings. The minimum atomic E-state index is -3.14. The second kappa shape index (κ2) is 11.4. The highest BCUT2D eigenvalue weighted by Crippen LogP contribution is 2.33. The van der Waals surface area contributed by atoms with Gasteiger partial charge in [0.25, 0.3) is 0 Å². The zero-order valence-electron chi connectivity index (χ0n) is 19.1. The van der Waals surface area contributed by atoms with Crippen LogP contribution < -0.4 is 5.73 Å². The number of carbonyl (C=O) groups excluding carboxylic acids is 1. The van der Waals surface area contributed by atoms with Crippen LogP contribution in [-0.4, -0.2) is 42.2 Å². The third-order valence-corrected chi connectivity index (χ3v) is 5.85. The van der Waals surface area contributed by atoms with Crippen LogP contribution in [0.25, 0.3) is 22.4 Å². The Labute approximate surface area is 213 Å². The number of thioether (sulfide) groups is 1. The third-order valence-electron chi connectivity index (χ3n) is 4.71. The molecule has 0 aliphatic carbocycles. The van der Waals surface area contributed by atoms with E-state index in [0.717, 1.165) is 29.6 Å².